The summed E-state index contributed by atoms with van der Waals surface area (Å²) in [5, 5.41) is 23.0. The Labute approximate surface area is 283 Å². The van der Waals surface area contributed by atoms with E-state index in [0.29, 0.717) is 32.8 Å². The molecular weight excluding hydrogens is 596 g/mol. The lowest BCUT2D eigenvalue weighted by atomic mass is 9.75. The first-order valence-corrected chi connectivity index (χ1v) is 17.6. The summed E-state index contributed by atoms with van der Waals surface area (Å²) >= 11 is 0. The molecule has 8 nitrogen and oxygen atoms in total. The lowest BCUT2D eigenvalue weighted by Crippen LogP contribution is -2.60. The van der Waals surface area contributed by atoms with Gasteiger partial charge in [-0.05, 0) is 35.6 Å². The van der Waals surface area contributed by atoms with Gasteiger partial charge in [0.2, 0.25) is 0 Å². The third-order valence-corrected chi connectivity index (χ3v) is 10.7. The zero-order valence-electron chi connectivity index (χ0n) is 29.8. The Kier molecular flexibility index (Phi) is 14.1. The maximum Gasteiger partial charge on any atom is 0.171 e. The summed E-state index contributed by atoms with van der Waals surface area (Å²) in [6.07, 6.45) is 0.517. The van der Waals surface area contributed by atoms with Gasteiger partial charge in [0.1, 0.15) is 5.75 Å². The molecule has 2 aromatic carbocycles. The zero-order valence-corrected chi connectivity index (χ0v) is 29.8. The standard InChI is InChI=1S/C39H60O8/c1-25-18-19-39(46-37(25)29(5)35(40)26(2)21-45-24-32-14-16-33(42-7)17-15-32)20-34(43-8)28(4)38(47-39)30(6)36(41)27(3)22-44-23-31-12-10-9-11-13-31/h9-17,25-30,34-38,40-41H,18-24H2,1-8H3/t25-,26-,27-,28+,29-,30+,34+,35-,36-,37-,38-,39+/m0/s1. The average Bonchev–Trinajstić information content (AvgIpc) is 3.09. The van der Waals surface area contributed by atoms with E-state index in [2.05, 4.69) is 27.7 Å². The maximum atomic E-state index is 11.5. The molecule has 2 saturated heterocycles. The molecule has 2 aliphatic heterocycles. The monoisotopic (exact) mass is 656 g/mol. The van der Waals surface area contributed by atoms with Gasteiger partial charge in [-0.25, -0.2) is 0 Å². The Morgan fingerprint density at radius 2 is 1.30 bits per heavy atom. The summed E-state index contributed by atoms with van der Waals surface area (Å²) in [6.45, 7) is 14.4. The fourth-order valence-corrected chi connectivity index (χ4v) is 7.53. The van der Waals surface area contributed by atoms with Crippen LogP contribution in [-0.4, -0.2) is 74.0 Å². The highest BCUT2D eigenvalue weighted by molar-refractivity contribution is 5.26. The topological polar surface area (TPSA) is 95.8 Å². The summed E-state index contributed by atoms with van der Waals surface area (Å²) in [5.74, 6) is -0.148. The second kappa shape index (κ2) is 17.6. The van der Waals surface area contributed by atoms with Crippen LogP contribution in [0.2, 0.25) is 0 Å². The molecule has 0 aromatic heterocycles. The fraction of sp³-hybridized carbons (Fsp3) is 0.692. The molecule has 0 aliphatic carbocycles. The van der Waals surface area contributed by atoms with Gasteiger partial charge in [-0.1, -0.05) is 84.0 Å². The van der Waals surface area contributed by atoms with Crippen molar-refractivity contribution in [1.82, 2.24) is 0 Å². The van der Waals surface area contributed by atoms with Crippen LogP contribution in [-0.2, 0) is 36.9 Å². The number of aliphatic hydroxyl groups is 2. The highest BCUT2D eigenvalue weighted by atomic mass is 16.7. The summed E-state index contributed by atoms with van der Waals surface area (Å²) in [7, 11) is 3.41. The molecule has 0 radical (unpaired) electrons. The Balaban J connectivity index is 1.36. The molecule has 2 heterocycles. The van der Waals surface area contributed by atoms with Gasteiger partial charge in [-0.15, -0.1) is 0 Å². The first kappa shape index (κ1) is 37.8. The van der Waals surface area contributed by atoms with Crippen molar-refractivity contribution >= 4 is 0 Å². The summed E-state index contributed by atoms with van der Waals surface area (Å²) in [5.41, 5.74) is 2.18. The van der Waals surface area contributed by atoms with Crippen LogP contribution in [0, 0.1) is 35.5 Å². The van der Waals surface area contributed by atoms with Gasteiger partial charge < -0.3 is 38.6 Å². The van der Waals surface area contributed by atoms with Crippen LogP contribution in [0.5, 0.6) is 5.75 Å². The highest BCUT2D eigenvalue weighted by Crippen LogP contribution is 2.47. The second-order valence-electron chi connectivity index (χ2n) is 14.4. The quantitative estimate of drug-likeness (QED) is 0.208. The second-order valence-corrected chi connectivity index (χ2v) is 14.4. The van der Waals surface area contributed by atoms with E-state index in [1.54, 1.807) is 14.2 Å². The molecule has 2 aliphatic rings. The molecule has 8 heteroatoms. The van der Waals surface area contributed by atoms with E-state index < -0.39 is 18.0 Å². The smallest absolute Gasteiger partial charge is 0.171 e. The third-order valence-electron chi connectivity index (χ3n) is 10.7. The minimum atomic E-state index is -0.835. The molecule has 2 aromatic rings. The van der Waals surface area contributed by atoms with Crippen molar-refractivity contribution in [2.45, 2.75) is 110 Å². The fourth-order valence-electron chi connectivity index (χ4n) is 7.53. The van der Waals surface area contributed by atoms with E-state index >= 15 is 0 Å². The Morgan fingerprint density at radius 1 is 0.766 bits per heavy atom. The molecule has 0 saturated carbocycles. The van der Waals surface area contributed by atoms with E-state index in [4.69, 9.17) is 28.4 Å². The number of rotatable bonds is 16. The predicted octanol–water partition coefficient (Wildman–Crippen LogP) is 6.65. The molecule has 0 bridgehead atoms. The van der Waals surface area contributed by atoms with Crippen LogP contribution in [0.15, 0.2) is 54.6 Å². The van der Waals surface area contributed by atoms with Gasteiger partial charge in [-0.2, -0.15) is 0 Å². The molecule has 12 atom stereocenters. The van der Waals surface area contributed by atoms with Crippen molar-refractivity contribution in [3.8, 4) is 5.75 Å². The molecule has 47 heavy (non-hydrogen) atoms. The number of ether oxygens (including phenoxy) is 6. The van der Waals surface area contributed by atoms with Crippen LogP contribution >= 0.6 is 0 Å². The van der Waals surface area contributed by atoms with Crippen molar-refractivity contribution in [1.29, 1.82) is 0 Å². The molecule has 1 spiro atoms. The Hall–Kier alpha value is -2.04. The van der Waals surface area contributed by atoms with Crippen LogP contribution in [0.25, 0.3) is 0 Å². The van der Waals surface area contributed by atoms with E-state index in [1.165, 1.54) is 0 Å². The summed E-state index contributed by atoms with van der Waals surface area (Å²) < 4.78 is 37.2. The minimum absolute atomic E-state index is 0.0694. The lowest BCUT2D eigenvalue weighted by Gasteiger charge is -2.54. The first-order chi connectivity index (χ1) is 22.5. The number of aliphatic hydroxyl groups excluding tert-OH is 2. The molecule has 0 amide bonds. The number of hydrogen-bond acceptors (Lipinski definition) is 8. The van der Waals surface area contributed by atoms with E-state index in [9.17, 15) is 10.2 Å². The van der Waals surface area contributed by atoms with E-state index in [-0.39, 0.29) is 53.8 Å². The SMILES string of the molecule is COc1ccc(COC[C@H](C)[C@H](O)[C@H](C)[C@H]2O[C@@]3(CC[C@@H]2C)C[C@@H](OC)[C@@H](C)[C@@H]([C@H](C)[C@@H](O)[C@@H](C)COCc2ccccc2)O3)cc1. The van der Waals surface area contributed by atoms with Gasteiger partial charge in [0, 0.05) is 49.5 Å². The van der Waals surface area contributed by atoms with Crippen LogP contribution in [0.4, 0.5) is 0 Å². The zero-order chi connectivity index (χ0) is 34.1. The Morgan fingerprint density at radius 3 is 1.85 bits per heavy atom. The highest BCUT2D eigenvalue weighted by Gasteiger charge is 2.53. The minimum Gasteiger partial charge on any atom is -0.497 e. The lowest BCUT2D eigenvalue weighted by molar-refractivity contribution is -0.362. The molecular formula is C39H60O8. The van der Waals surface area contributed by atoms with E-state index in [1.807, 2.05) is 68.4 Å². The van der Waals surface area contributed by atoms with Gasteiger partial charge in [0.15, 0.2) is 5.79 Å². The van der Waals surface area contributed by atoms with Gasteiger partial charge >= 0.3 is 0 Å². The van der Waals surface area contributed by atoms with Crippen molar-refractivity contribution in [3.63, 3.8) is 0 Å². The number of hydrogen-bond donors (Lipinski definition) is 2. The number of benzene rings is 2. The van der Waals surface area contributed by atoms with Crippen molar-refractivity contribution in [2.75, 3.05) is 27.4 Å². The van der Waals surface area contributed by atoms with Crippen LogP contribution in [0.3, 0.4) is 0 Å². The summed E-state index contributed by atoms with van der Waals surface area (Å²) in [4.78, 5) is 0. The van der Waals surface area contributed by atoms with Crippen molar-refractivity contribution < 1.29 is 38.6 Å². The third kappa shape index (κ3) is 9.78. The summed E-state index contributed by atoms with van der Waals surface area (Å²) in [6, 6.07) is 17.9. The van der Waals surface area contributed by atoms with Crippen LogP contribution in [0.1, 0.15) is 71.9 Å². The van der Waals surface area contributed by atoms with Crippen LogP contribution < -0.4 is 4.74 Å². The normalized spacial score (nSPS) is 30.3. The molecule has 2 fully saturated rings. The molecule has 264 valence electrons. The van der Waals surface area contributed by atoms with E-state index in [0.717, 1.165) is 29.7 Å². The van der Waals surface area contributed by atoms with Gasteiger partial charge in [-0.3, -0.25) is 0 Å². The van der Waals surface area contributed by atoms with Crippen molar-refractivity contribution in [2.24, 2.45) is 35.5 Å². The Bertz CT molecular complexity index is 1180. The van der Waals surface area contributed by atoms with Crippen molar-refractivity contribution in [3.05, 3.63) is 65.7 Å². The van der Waals surface area contributed by atoms with Gasteiger partial charge in [0.05, 0.1) is 64.1 Å². The molecule has 4 rings (SSSR count). The number of methoxy groups -OCH3 is 2. The predicted molar refractivity (Wildman–Crippen MR) is 183 cm³/mol. The largest absolute Gasteiger partial charge is 0.497 e. The molecule has 0 unspecified atom stereocenters. The first-order valence-electron chi connectivity index (χ1n) is 17.6. The average molecular weight is 657 g/mol. The van der Waals surface area contributed by atoms with Gasteiger partial charge in [0.25, 0.3) is 0 Å². The molecule has 2 N–H and O–H groups in total. The maximum absolute atomic E-state index is 11.5.